The zero-order valence-electron chi connectivity index (χ0n) is 12.8. The van der Waals surface area contributed by atoms with Gasteiger partial charge in [0.25, 0.3) is 0 Å². The van der Waals surface area contributed by atoms with Gasteiger partial charge in [0, 0.05) is 18.1 Å². The van der Waals surface area contributed by atoms with E-state index in [4.69, 9.17) is 5.73 Å². The normalized spacial score (nSPS) is 12.0. The smallest absolute Gasteiger partial charge is 0.184 e. The number of pyridine rings is 1. The summed E-state index contributed by atoms with van der Waals surface area (Å²) in [6.45, 7) is 7.55. The summed E-state index contributed by atoms with van der Waals surface area (Å²) in [6.07, 6.45) is 3.46. The van der Waals surface area contributed by atoms with E-state index in [0.29, 0.717) is 12.4 Å². The summed E-state index contributed by atoms with van der Waals surface area (Å²) < 4.78 is 26.8. The van der Waals surface area contributed by atoms with Crippen LogP contribution in [0.1, 0.15) is 30.7 Å². The molecule has 0 aliphatic rings. The number of aromatic nitrogens is 2. The highest BCUT2D eigenvalue weighted by molar-refractivity contribution is 7.92. The quantitative estimate of drug-likeness (QED) is 0.940. The van der Waals surface area contributed by atoms with Gasteiger partial charge in [0.05, 0.1) is 11.8 Å². The van der Waals surface area contributed by atoms with Crippen LogP contribution in [-0.4, -0.2) is 23.2 Å². The van der Waals surface area contributed by atoms with Crippen molar-refractivity contribution in [2.75, 3.05) is 5.73 Å². The maximum Gasteiger partial charge on any atom is 0.184 e. The van der Waals surface area contributed by atoms with E-state index in [1.54, 1.807) is 33.2 Å². The van der Waals surface area contributed by atoms with Crippen LogP contribution in [0.3, 0.4) is 0 Å². The number of rotatable bonds is 4. The molecule has 0 bridgehead atoms. The molecule has 21 heavy (non-hydrogen) atoms. The van der Waals surface area contributed by atoms with Crippen molar-refractivity contribution in [2.45, 2.75) is 44.4 Å². The summed E-state index contributed by atoms with van der Waals surface area (Å²) in [6, 6.07) is 3.79. The minimum absolute atomic E-state index is 0.263. The third-order valence-electron chi connectivity index (χ3n) is 3.78. The summed E-state index contributed by atoms with van der Waals surface area (Å²) >= 11 is 0. The van der Waals surface area contributed by atoms with Gasteiger partial charge in [-0.2, -0.15) is 0 Å². The first-order valence-corrected chi connectivity index (χ1v) is 8.39. The van der Waals surface area contributed by atoms with E-state index >= 15 is 0 Å². The lowest BCUT2D eigenvalue weighted by Crippen LogP contribution is -2.16. The molecule has 2 aromatic rings. The summed E-state index contributed by atoms with van der Waals surface area (Å²) in [7, 11) is -3.39. The molecule has 0 saturated heterocycles. The number of hydrogen-bond acceptors (Lipinski definition) is 4. The molecule has 6 heteroatoms. The lowest BCUT2D eigenvalue weighted by atomic mass is 10.2. The maximum absolute atomic E-state index is 12.5. The highest BCUT2D eigenvalue weighted by atomic mass is 32.2. The van der Waals surface area contributed by atoms with Crippen molar-refractivity contribution < 1.29 is 8.42 Å². The average Bonchev–Trinajstić information content (AvgIpc) is 2.64. The monoisotopic (exact) mass is 307 g/mol. The highest BCUT2D eigenvalue weighted by Crippen LogP contribution is 2.32. The first-order valence-electron chi connectivity index (χ1n) is 6.84. The van der Waals surface area contributed by atoms with Gasteiger partial charge in [-0.05, 0) is 44.9 Å². The fourth-order valence-electron chi connectivity index (χ4n) is 2.33. The molecular weight excluding hydrogens is 286 g/mol. The maximum atomic E-state index is 12.5. The molecule has 0 radical (unpaired) electrons. The van der Waals surface area contributed by atoms with Crippen molar-refractivity contribution in [2.24, 2.45) is 0 Å². The Morgan fingerprint density at radius 2 is 2.00 bits per heavy atom. The van der Waals surface area contributed by atoms with Gasteiger partial charge in [-0.1, -0.05) is 6.07 Å². The van der Waals surface area contributed by atoms with Crippen LogP contribution in [-0.2, 0) is 16.4 Å². The molecule has 5 nitrogen and oxygen atoms in total. The summed E-state index contributed by atoms with van der Waals surface area (Å²) in [4.78, 5) is 4.34. The molecular formula is C15H21N3O2S. The minimum atomic E-state index is -3.39. The Balaban J connectivity index is 2.56. The van der Waals surface area contributed by atoms with Crippen molar-refractivity contribution >= 4 is 15.7 Å². The number of nitrogens with two attached hydrogens (primary N) is 1. The lowest BCUT2D eigenvalue weighted by Gasteiger charge is -2.10. The summed E-state index contributed by atoms with van der Waals surface area (Å²) in [5.41, 5.74) is 8.72. The molecule has 0 amide bonds. The van der Waals surface area contributed by atoms with E-state index in [2.05, 4.69) is 4.98 Å². The Labute approximate surface area is 125 Å². The number of sulfone groups is 1. The molecule has 2 heterocycles. The van der Waals surface area contributed by atoms with Gasteiger partial charge >= 0.3 is 0 Å². The van der Waals surface area contributed by atoms with Crippen LogP contribution in [0.2, 0.25) is 0 Å². The molecule has 114 valence electrons. The van der Waals surface area contributed by atoms with Crippen molar-refractivity contribution in [3.05, 3.63) is 41.3 Å². The van der Waals surface area contributed by atoms with Crippen LogP contribution in [0.15, 0.2) is 29.4 Å². The number of anilines is 1. The molecule has 0 atom stereocenters. The Kier molecular flexibility index (Phi) is 4.09. The topological polar surface area (TPSA) is 78.0 Å². The third kappa shape index (κ3) is 2.68. The fourth-order valence-corrected chi connectivity index (χ4v) is 3.78. The Morgan fingerprint density at radius 3 is 2.52 bits per heavy atom. The van der Waals surface area contributed by atoms with E-state index in [-0.39, 0.29) is 4.90 Å². The van der Waals surface area contributed by atoms with Gasteiger partial charge in [0.2, 0.25) is 0 Å². The second kappa shape index (κ2) is 5.52. The van der Waals surface area contributed by atoms with Crippen molar-refractivity contribution in [3.63, 3.8) is 0 Å². The van der Waals surface area contributed by atoms with Crippen molar-refractivity contribution in [3.8, 4) is 0 Å². The van der Waals surface area contributed by atoms with E-state index in [1.807, 2.05) is 23.6 Å². The lowest BCUT2D eigenvalue weighted by molar-refractivity contribution is 0.587. The highest BCUT2D eigenvalue weighted by Gasteiger charge is 2.29. The van der Waals surface area contributed by atoms with Crippen LogP contribution in [0.5, 0.6) is 0 Å². The molecule has 0 aliphatic heterocycles. The van der Waals surface area contributed by atoms with Crippen molar-refractivity contribution in [1.82, 2.24) is 9.55 Å². The van der Waals surface area contributed by atoms with Gasteiger partial charge in [-0.15, -0.1) is 0 Å². The minimum Gasteiger partial charge on any atom is -0.384 e. The first-order chi connectivity index (χ1) is 9.76. The Morgan fingerprint density at radius 1 is 1.33 bits per heavy atom. The van der Waals surface area contributed by atoms with Crippen molar-refractivity contribution in [1.29, 1.82) is 0 Å². The molecule has 0 fully saturated rings. The fraction of sp³-hybridized carbons (Fsp3) is 0.400. The van der Waals surface area contributed by atoms with E-state index in [1.165, 1.54) is 0 Å². The molecule has 0 saturated carbocycles. The van der Waals surface area contributed by atoms with Crippen LogP contribution in [0.25, 0.3) is 0 Å². The van der Waals surface area contributed by atoms with E-state index in [9.17, 15) is 8.42 Å². The van der Waals surface area contributed by atoms with Gasteiger partial charge in [0.15, 0.2) is 9.84 Å². The molecule has 0 spiro atoms. The number of hydrogen-bond donors (Lipinski definition) is 1. The average molecular weight is 307 g/mol. The Bertz CT molecular complexity index is 747. The molecule has 2 N–H and O–H groups in total. The Hall–Kier alpha value is -1.82. The predicted molar refractivity (Wildman–Crippen MR) is 84.0 cm³/mol. The van der Waals surface area contributed by atoms with Crippen LogP contribution >= 0.6 is 0 Å². The molecule has 0 aromatic carbocycles. The molecule has 0 unspecified atom stereocenters. The third-order valence-corrected chi connectivity index (χ3v) is 6.11. The summed E-state index contributed by atoms with van der Waals surface area (Å²) in [5.74, 6) is 0.308. The van der Waals surface area contributed by atoms with Crippen LogP contribution < -0.4 is 5.73 Å². The summed E-state index contributed by atoms with van der Waals surface area (Å²) in [5, 5.41) is -0.493. The van der Waals surface area contributed by atoms with Gasteiger partial charge in [0.1, 0.15) is 10.7 Å². The largest absolute Gasteiger partial charge is 0.384 e. The van der Waals surface area contributed by atoms with Gasteiger partial charge < -0.3 is 10.3 Å². The zero-order chi connectivity index (χ0) is 15.8. The molecule has 0 aliphatic carbocycles. The zero-order valence-corrected chi connectivity index (χ0v) is 13.6. The van der Waals surface area contributed by atoms with Gasteiger partial charge in [-0.3, -0.25) is 4.98 Å². The second-order valence-corrected chi connectivity index (χ2v) is 7.91. The van der Waals surface area contributed by atoms with E-state index in [0.717, 1.165) is 16.8 Å². The van der Waals surface area contributed by atoms with Gasteiger partial charge in [-0.25, -0.2) is 8.42 Å². The van der Waals surface area contributed by atoms with Crippen LogP contribution in [0, 0.1) is 13.8 Å². The SMILES string of the molecule is Cc1c(S(=O)(=O)C(C)C)c(N)n(Cc2cccnc2)c1C. The van der Waals surface area contributed by atoms with Crippen LogP contribution in [0.4, 0.5) is 5.82 Å². The number of nitrogen functional groups attached to an aromatic ring is 1. The molecule has 2 aromatic heterocycles. The predicted octanol–water partition coefficient (Wildman–Crippen LogP) is 2.31. The second-order valence-electron chi connectivity index (χ2n) is 5.47. The van der Waals surface area contributed by atoms with E-state index < -0.39 is 15.1 Å². The number of nitrogens with zero attached hydrogens (tertiary/aromatic N) is 2. The standard InChI is InChI=1S/C15H21N3O2S/c1-10(2)21(19,20)14-11(3)12(4)18(15(14)16)9-13-6-5-7-17-8-13/h5-8,10H,9,16H2,1-4H3. The molecule has 2 rings (SSSR count). The first kappa shape index (κ1) is 15.6.